The first-order chi connectivity index (χ1) is 8.88. The summed E-state index contributed by atoms with van der Waals surface area (Å²) in [7, 11) is 3.25. The largest absolute Gasteiger partial charge is 0.493 e. The Bertz CT molecular complexity index is 503. The van der Waals surface area contributed by atoms with Crippen molar-refractivity contribution < 1.29 is 14.3 Å². The van der Waals surface area contributed by atoms with Gasteiger partial charge in [-0.3, -0.25) is 4.79 Å². The number of hydrogen-bond donors (Lipinski definition) is 0. The zero-order chi connectivity index (χ0) is 14.2. The molecule has 0 N–H and O–H groups in total. The molecule has 4 heteroatoms. The zero-order valence-corrected chi connectivity index (χ0v) is 12.2. The highest BCUT2D eigenvalue weighted by Crippen LogP contribution is 2.39. The molecule has 0 aromatic heterocycles. The predicted molar refractivity (Wildman–Crippen MR) is 73.3 cm³/mol. The maximum atomic E-state index is 12.3. The van der Waals surface area contributed by atoms with E-state index in [2.05, 4.69) is 0 Å². The van der Waals surface area contributed by atoms with E-state index >= 15 is 0 Å². The van der Waals surface area contributed by atoms with Crippen molar-refractivity contribution in [2.45, 2.75) is 33.9 Å². The van der Waals surface area contributed by atoms with E-state index in [1.54, 1.807) is 14.2 Å². The second-order valence-corrected chi connectivity index (χ2v) is 5.85. The molecule has 1 amide bonds. The number of rotatable bonds is 2. The molecule has 0 aliphatic carbocycles. The van der Waals surface area contributed by atoms with Gasteiger partial charge in [-0.1, -0.05) is 26.8 Å². The lowest BCUT2D eigenvalue weighted by molar-refractivity contribution is -0.140. The van der Waals surface area contributed by atoms with Crippen LogP contribution in [-0.2, 0) is 17.9 Å². The number of amides is 1. The van der Waals surface area contributed by atoms with Crippen LogP contribution in [0.1, 0.15) is 31.9 Å². The van der Waals surface area contributed by atoms with Crippen LogP contribution in [0, 0.1) is 5.41 Å². The molecule has 4 nitrogen and oxygen atoms in total. The molecule has 0 saturated heterocycles. The Kier molecular flexibility index (Phi) is 3.43. The lowest BCUT2D eigenvalue weighted by Crippen LogP contribution is -2.35. The van der Waals surface area contributed by atoms with Crippen molar-refractivity contribution in [1.29, 1.82) is 0 Å². The molecule has 1 heterocycles. The van der Waals surface area contributed by atoms with E-state index in [4.69, 9.17) is 9.47 Å². The number of hydrogen-bond acceptors (Lipinski definition) is 3. The van der Waals surface area contributed by atoms with Gasteiger partial charge in [-0.15, -0.1) is 0 Å². The fourth-order valence-corrected chi connectivity index (χ4v) is 2.42. The molecule has 0 atom stereocenters. The first-order valence-electron chi connectivity index (χ1n) is 6.40. The topological polar surface area (TPSA) is 38.8 Å². The Morgan fingerprint density at radius 2 is 1.84 bits per heavy atom. The number of fused-ring (bicyclic) bond motifs is 1. The SMILES string of the molecule is COc1ccc2c(c1OC)CN(C(=O)C(C)(C)C)C2. The van der Waals surface area contributed by atoms with Crippen molar-refractivity contribution in [2.24, 2.45) is 5.41 Å². The summed E-state index contributed by atoms with van der Waals surface area (Å²) in [4.78, 5) is 14.2. The minimum atomic E-state index is -0.362. The molecular weight excluding hydrogens is 242 g/mol. The molecule has 0 fully saturated rings. The third kappa shape index (κ3) is 2.39. The van der Waals surface area contributed by atoms with Crippen LogP contribution >= 0.6 is 0 Å². The number of benzene rings is 1. The number of ether oxygens (including phenoxy) is 2. The molecule has 0 spiro atoms. The summed E-state index contributed by atoms with van der Waals surface area (Å²) >= 11 is 0. The second-order valence-electron chi connectivity index (χ2n) is 5.85. The van der Waals surface area contributed by atoms with Crippen LogP contribution in [0.25, 0.3) is 0 Å². The van der Waals surface area contributed by atoms with Crippen LogP contribution in [0.15, 0.2) is 12.1 Å². The smallest absolute Gasteiger partial charge is 0.228 e. The fourth-order valence-electron chi connectivity index (χ4n) is 2.42. The van der Waals surface area contributed by atoms with Crippen LogP contribution in [0.2, 0.25) is 0 Å². The average molecular weight is 263 g/mol. The van der Waals surface area contributed by atoms with Gasteiger partial charge in [-0.05, 0) is 11.6 Å². The molecule has 1 aromatic carbocycles. The van der Waals surface area contributed by atoms with E-state index in [-0.39, 0.29) is 11.3 Å². The average Bonchev–Trinajstić information content (AvgIpc) is 2.78. The van der Waals surface area contributed by atoms with Crippen LogP contribution in [0.5, 0.6) is 11.5 Å². The molecule has 0 saturated carbocycles. The van der Waals surface area contributed by atoms with E-state index in [0.717, 1.165) is 16.9 Å². The highest BCUT2D eigenvalue weighted by atomic mass is 16.5. The number of carbonyl (C=O) groups is 1. The summed E-state index contributed by atoms with van der Waals surface area (Å²) in [6.07, 6.45) is 0. The summed E-state index contributed by atoms with van der Waals surface area (Å²) < 4.78 is 10.7. The Hall–Kier alpha value is -1.71. The van der Waals surface area contributed by atoms with Gasteiger partial charge in [0.15, 0.2) is 11.5 Å². The van der Waals surface area contributed by atoms with Crippen molar-refractivity contribution in [3.8, 4) is 11.5 Å². The van der Waals surface area contributed by atoms with Gasteiger partial charge in [0, 0.05) is 17.5 Å². The first kappa shape index (κ1) is 13.7. The Morgan fingerprint density at radius 3 is 2.37 bits per heavy atom. The van der Waals surface area contributed by atoms with Crippen LogP contribution < -0.4 is 9.47 Å². The number of carbonyl (C=O) groups excluding carboxylic acids is 1. The minimum Gasteiger partial charge on any atom is -0.493 e. The van der Waals surface area contributed by atoms with Gasteiger partial charge < -0.3 is 14.4 Å². The van der Waals surface area contributed by atoms with E-state index < -0.39 is 0 Å². The molecular formula is C15H21NO3. The van der Waals surface area contributed by atoms with Crippen molar-refractivity contribution in [2.75, 3.05) is 14.2 Å². The lowest BCUT2D eigenvalue weighted by Gasteiger charge is -2.25. The molecule has 1 aliphatic heterocycles. The molecule has 0 radical (unpaired) electrons. The van der Waals surface area contributed by atoms with Gasteiger partial charge in [0.1, 0.15) is 0 Å². The maximum Gasteiger partial charge on any atom is 0.228 e. The Balaban J connectivity index is 2.32. The van der Waals surface area contributed by atoms with Crippen LogP contribution in [0.4, 0.5) is 0 Å². The van der Waals surface area contributed by atoms with E-state index in [0.29, 0.717) is 18.8 Å². The highest BCUT2D eigenvalue weighted by molar-refractivity contribution is 5.82. The van der Waals surface area contributed by atoms with Gasteiger partial charge >= 0.3 is 0 Å². The van der Waals surface area contributed by atoms with E-state index in [1.165, 1.54) is 0 Å². The van der Waals surface area contributed by atoms with Crippen molar-refractivity contribution >= 4 is 5.91 Å². The summed E-state index contributed by atoms with van der Waals surface area (Å²) in [5, 5.41) is 0. The molecule has 1 aliphatic rings. The van der Waals surface area contributed by atoms with E-state index in [9.17, 15) is 4.79 Å². The molecule has 1 aromatic rings. The zero-order valence-electron chi connectivity index (χ0n) is 12.2. The van der Waals surface area contributed by atoms with Crippen molar-refractivity contribution in [3.05, 3.63) is 23.3 Å². The molecule has 0 unspecified atom stereocenters. The molecule has 0 bridgehead atoms. The fraction of sp³-hybridized carbons (Fsp3) is 0.533. The van der Waals surface area contributed by atoms with Crippen LogP contribution in [0.3, 0.4) is 0 Å². The standard InChI is InChI=1S/C15H21NO3/c1-15(2,3)14(17)16-8-10-6-7-12(18-4)13(19-5)11(10)9-16/h6-7H,8-9H2,1-5H3. The van der Waals surface area contributed by atoms with Gasteiger partial charge in [-0.2, -0.15) is 0 Å². The highest BCUT2D eigenvalue weighted by Gasteiger charge is 2.33. The molecule has 19 heavy (non-hydrogen) atoms. The third-order valence-corrected chi connectivity index (χ3v) is 3.38. The summed E-state index contributed by atoms with van der Waals surface area (Å²) in [5.74, 6) is 1.61. The molecule has 2 rings (SSSR count). The van der Waals surface area contributed by atoms with Gasteiger partial charge in [0.05, 0.1) is 20.8 Å². The molecule has 104 valence electrons. The Labute approximate surface area is 114 Å². The predicted octanol–water partition coefficient (Wildman–Crippen LogP) is 2.59. The quantitative estimate of drug-likeness (QED) is 0.823. The van der Waals surface area contributed by atoms with E-state index in [1.807, 2.05) is 37.8 Å². The van der Waals surface area contributed by atoms with Crippen molar-refractivity contribution in [1.82, 2.24) is 4.90 Å². The van der Waals surface area contributed by atoms with Gasteiger partial charge in [-0.25, -0.2) is 0 Å². The third-order valence-electron chi connectivity index (χ3n) is 3.38. The second kappa shape index (κ2) is 4.76. The Morgan fingerprint density at radius 1 is 1.16 bits per heavy atom. The monoisotopic (exact) mass is 263 g/mol. The summed E-state index contributed by atoms with van der Waals surface area (Å²) in [5.41, 5.74) is 1.83. The van der Waals surface area contributed by atoms with Crippen LogP contribution in [-0.4, -0.2) is 25.0 Å². The first-order valence-corrected chi connectivity index (χ1v) is 6.40. The maximum absolute atomic E-state index is 12.3. The van der Waals surface area contributed by atoms with Crippen molar-refractivity contribution in [3.63, 3.8) is 0 Å². The number of nitrogens with zero attached hydrogens (tertiary/aromatic N) is 1. The minimum absolute atomic E-state index is 0.157. The normalized spacial score (nSPS) is 14.3. The van der Waals surface area contributed by atoms with Gasteiger partial charge in [0.25, 0.3) is 0 Å². The summed E-state index contributed by atoms with van der Waals surface area (Å²) in [6, 6.07) is 3.90. The van der Waals surface area contributed by atoms with Gasteiger partial charge in [0.2, 0.25) is 5.91 Å². The summed E-state index contributed by atoms with van der Waals surface area (Å²) in [6.45, 7) is 7.06. The number of methoxy groups -OCH3 is 2. The lowest BCUT2D eigenvalue weighted by atomic mass is 9.95.